The third-order valence-electron chi connectivity index (χ3n) is 4.44. The zero-order chi connectivity index (χ0) is 17.8. The largest absolute Gasteiger partial charge is 0.489 e. The molecular formula is C23H24O2. The van der Waals surface area contributed by atoms with Crippen molar-refractivity contribution in [3.05, 3.63) is 100 Å². The van der Waals surface area contributed by atoms with Gasteiger partial charge in [-0.2, -0.15) is 0 Å². The Morgan fingerprint density at radius 1 is 0.800 bits per heavy atom. The van der Waals surface area contributed by atoms with Crippen LogP contribution in [-0.4, -0.2) is 5.11 Å². The summed E-state index contributed by atoms with van der Waals surface area (Å²) in [5.74, 6) is 0.803. The van der Waals surface area contributed by atoms with E-state index in [4.69, 9.17) is 4.74 Å². The predicted molar refractivity (Wildman–Crippen MR) is 102 cm³/mol. The Morgan fingerprint density at radius 3 is 2.08 bits per heavy atom. The molecule has 0 amide bonds. The van der Waals surface area contributed by atoms with E-state index < -0.39 is 6.10 Å². The maximum Gasteiger partial charge on any atom is 0.119 e. The molecule has 0 aliphatic rings. The summed E-state index contributed by atoms with van der Waals surface area (Å²) >= 11 is 0. The van der Waals surface area contributed by atoms with E-state index in [0.29, 0.717) is 6.61 Å². The highest BCUT2D eigenvalue weighted by Crippen LogP contribution is 2.27. The first-order chi connectivity index (χ1) is 12.0. The monoisotopic (exact) mass is 332 g/mol. The van der Waals surface area contributed by atoms with Crippen molar-refractivity contribution >= 4 is 0 Å². The van der Waals surface area contributed by atoms with Crippen LogP contribution in [0.4, 0.5) is 0 Å². The summed E-state index contributed by atoms with van der Waals surface area (Å²) in [6.07, 6.45) is -0.619. The molecule has 0 saturated carbocycles. The molecule has 3 aromatic carbocycles. The van der Waals surface area contributed by atoms with E-state index in [1.165, 1.54) is 11.1 Å². The Hall–Kier alpha value is -2.58. The molecule has 1 unspecified atom stereocenters. The third kappa shape index (κ3) is 4.28. The van der Waals surface area contributed by atoms with E-state index in [0.717, 1.165) is 28.0 Å². The van der Waals surface area contributed by atoms with Crippen molar-refractivity contribution in [2.75, 3.05) is 0 Å². The summed E-state index contributed by atoms with van der Waals surface area (Å²) in [7, 11) is 0. The van der Waals surface area contributed by atoms with Crippen molar-refractivity contribution in [1.82, 2.24) is 0 Å². The summed E-state index contributed by atoms with van der Waals surface area (Å²) in [5, 5.41) is 10.6. The van der Waals surface area contributed by atoms with Crippen LogP contribution in [-0.2, 0) is 6.61 Å². The normalized spacial score (nSPS) is 12.0. The first-order valence-corrected chi connectivity index (χ1v) is 8.56. The van der Waals surface area contributed by atoms with Crippen LogP contribution < -0.4 is 4.74 Å². The zero-order valence-electron chi connectivity index (χ0n) is 15.0. The van der Waals surface area contributed by atoms with Gasteiger partial charge in [0.2, 0.25) is 0 Å². The Kier molecular flexibility index (Phi) is 5.20. The number of hydrogen-bond donors (Lipinski definition) is 1. The molecule has 2 nitrogen and oxygen atoms in total. The molecule has 128 valence electrons. The summed E-state index contributed by atoms with van der Waals surface area (Å²) < 4.78 is 5.83. The van der Waals surface area contributed by atoms with E-state index in [1.54, 1.807) is 0 Å². The molecule has 1 atom stereocenters. The van der Waals surface area contributed by atoms with E-state index in [9.17, 15) is 5.11 Å². The second-order valence-corrected chi connectivity index (χ2v) is 6.61. The molecule has 0 radical (unpaired) electrons. The fourth-order valence-corrected chi connectivity index (χ4v) is 2.91. The molecule has 0 bridgehead atoms. The number of rotatable bonds is 5. The minimum Gasteiger partial charge on any atom is -0.489 e. The molecule has 3 rings (SSSR count). The summed E-state index contributed by atoms with van der Waals surface area (Å²) in [6.45, 7) is 6.71. The molecule has 1 N–H and O–H groups in total. The lowest BCUT2D eigenvalue weighted by molar-refractivity contribution is 0.219. The first kappa shape index (κ1) is 17.2. The number of aryl methyl sites for hydroxylation is 3. The van der Waals surface area contributed by atoms with Crippen molar-refractivity contribution in [3.8, 4) is 5.75 Å². The van der Waals surface area contributed by atoms with Gasteiger partial charge in [0, 0.05) is 0 Å². The standard InChI is InChI=1S/C23H24O2/c1-16-4-7-19(8-5-16)15-25-21-11-9-20(10-12-21)23(24)22-13-6-17(2)14-18(22)3/h4-14,23-24H,15H2,1-3H3. The van der Waals surface area contributed by atoms with Gasteiger partial charge in [0.05, 0.1) is 0 Å². The third-order valence-corrected chi connectivity index (χ3v) is 4.44. The van der Waals surface area contributed by atoms with Crippen LogP contribution in [0, 0.1) is 20.8 Å². The van der Waals surface area contributed by atoms with E-state index >= 15 is 0 Å². The molecule has 0 fully saturated rings. The van der Waals surface area contributed by atoms with E-state index in [1.807, 2.05) is 43.3 Å². The van der Waals surface area contributed by atoms with Gasteiger partial charge in [-0.1, -0.05) is 65.7 Å². The fourth-order valence-electron chi connectivity index (χ4n) is 2.91. The van der Waals surface area contributed by atoms with Gasteiger partial charge < -0.3 is 9.84 Å². The highest BCUT2D eigenvalue weighted by Gasteiger charge is 2.13. The average Bonchev–Trinajstić information content (AvgIpc) is 2.61. The van der Waals surface area contributed by atoms with Gasteiger partial charge in [-0.05, 0) is 55.2 Å². The summed E-state index contributed by atoms with van der Waals surface area (Å²) in [5.41, 5.74) is 6.51. The number of ether oxygens (including phenoxy) is 1. The van der Waals surface area contributed by atoms with Crippen LogP contribution >= 0.6 is 0 Å². The van der Waals surface area contributed by atoms with E-state index in [2.05, 4.69) is 44.2 Å². The van der Waals surface area contributed by atoms with Crippen molar-refractivity contribution in [2.45, 2.75) is 33.5 Å². The molecule has 0 aliphatic carbocycles. The van der Waals surface area contributed by atoms with Crippen LogP contribution in [0.15, 0.2) is 66.7 Å². The molecule has 0 aliphatic heterocycles. The first-order valence-electron chi connectivity index (χ1n) is 8.56. The van der Waals surface area contributed by atoms with Gasteiger partial charge in [-0.3, -0.25) is 0 Å². The highest BCUT2D eigenvalue weighted by atomic mass is 16.5. The SMILES string of the molecule is Cc1ccc(COc2ccc(C(O)c3ccc(C)cc3C)cc2)cc1. The number of aliphatic hydroxyl groups excluding tert-OH is 1. The predicted octanol–water partition coefficient (Wildman–Crippen LogP) is 5.27. The summed E-state index contributed by atoms with van der Waals surface area (Å²) in [6, 6.07) is 22.1. The number of aliphatic hydroxyl groups is 1. The maximum atomic E-state index is 10.6. The minimum atomic E-state index is -0.619. The van der Waals surface area contributed by atoms with Crippen molar-refractivity contribution < 1.29 is 9.84 Å². The second-order valence-electron chi connectivity index (χ2n) is 6.61. The minimum absolute atomic E-state index is 0.541. The van der Waals surface area contributed by atoms with Crippen LogP contribution in [0.5, 0.6) is 5.75 Å². The van der Waals surface area contributed by atoms with Gasteiger partial charge in [-0.25, -0.2) is 0 Å². The Bertz CT molecular complexity index is 833. The molecule has 2 heteroatoms. The lowest BCUT2D eigenvalue weighted by Gasteiger charge is -2.15. The molecule has 0 spiro atoms. The van der Waals surface area contributed by atoms with Crippen LogP contribution in [0.3, 0.4) is 0 Å². The molecular weight excluding hydrogens is 308 g/mol. The Balaban J connectivity index is 1.68. The second kappa shape index (κ2) is 7.54. The lowest BCUT2D eigenvalue weighted by Crippen LogP contribution is -2.02. The van der Waals surface area contributed by atoms with Gasteiger partial charge in [0.15, 0.2) is 0 Å². The fraction of sp³-hybridized carbons (Fsp3) is 0.217. The maximum absolute atomic E-state index is 10.6. The molecule has 3 aromatic rings. The van der Waals surface area contributed by atoms with Crippen LogP contribution in [0.2, 0.25) is 0 Å². The van der Waals surface area contributed by atoms with Gasteiger partial charge in [0.25, 0.3) is 0 Å². The zero-order valence-corrected chi connectivity index (χ0v) is 15.0. The number of hydrogen-bond acceptors (Lipinski definition) is 2. The van der Waals surface area contributed by atoms with Crippen molar-refractivity contribution in [3.63, 3.8) is 0 Å². The number of benzene rings is 3. The molecule has 0 heterocycles. The Morgan fingerprint density at radius 2 is 1.44 bits per heavy atom. The topological polar surface area (TPSA) is 29.5 Å². The highest BCUT2D eigenvalue weighted by molar-refractivity contribution is 5.39. The smallest absolute Gasteiger partial charge is 0.119 e. The Labute approximate surface area is 149 Å². The van der Waals surface area contributed by atoms with Gasteiger partial charge in [0.1, 0.15) is 18.5 Å². The summed E-state index contributed by atoms with van der Waals surface area (Å²) in [4.78, 5) is 0. The quantitative estimate of drug-likeness (QED) is 0.689. The van der Waals surface area contributed by atoms with Crippen molar-refractivity contribution in [2.24, 2.45) is 0 Å². The van der Waals surface area contributed by atoms with Crippen LogP contribution in [0.1, 0.15) is 39.5 Å². The van der Waals surface area contributed by atoms with Gasteiger partial charge >= 0.3 is 0 Å². The molecule has 0 saturated heterocycles. The molecule has 25 heavy (non-hydrogen) atoms. The lowest BCUT2D eigenvalue weighted by atomic mass is 9.96. The average molecular weight is 332 g/mol. The van der Waals surface area contributed by atoms with Crippen LogP contribution in [0.25, 0.3) is 0 Å². The van der Waals surface area contributed by atoms with E-state index in [-0.39, 0.29) is 0 Å². The molecule has 0 aromatic heterocycles. The van der Waals surface area contributed by atoms with Crippen molar-refractivity contribution in [1.29, 1.82) is 0 Å². The van der Waals surface area contributed by atoms with Gasteiger partial charge in [-0.15, -0.1) is 0 Å².